The van der Waals surface area contributed by atoms with Crippen molar-refractivity contribution in [2.45, 2.75) is 19.9 Å². The summed E-state index contributed by atoms with van der Waals surface area (Å²) < 4.78 is 0. The maximum atomic E-state index is 12.3. The number of hydrazine groups is 1. The molecule has 1 aromatic heterocycles. The number of nitrogen functional groups attached to an aromatic ring is 1. The number of piperazine rings is 1. The summed E-state index contributed by atoms with van der Waals surface area (Å²) in [5, 5.41) is 7.71. The number of carbonyl (C=O) groups excluding carboxylic acids is 1. The number of hydrogen-bond donors (Lipinski definition) is 2. The lowest BCUT2D eigenvalue weighted by molar-refractivity contribution is 0.0522. The summed E-state index contributed by atoms with van der Waals surface area (Å²) in [7, 11) is 0. The van der Waals surface area contributed by atoms with Crippen molar-refractivity contribution in [1.82, 2.24) is 20.0 Å². The Hall–Kier alpha value is -1.73. The smallest absolute Gasteiger partial charge is 0.274 e. The predicted molar refractivity (Wildman–Crippen MR) is 72.5 cm³/mol. The summed E-state index contributed by atoms with van der Waals surface area (Å²) in [6.07, 6.45) is 0. The quantitative estimate of drug-likeness (QED) is 0.587. The fraction of sp³-hybridized carbons (Fsp3) is 0.583. The summed E-state index contributed by atoms with van der Waals surface area (Å²) in [6, 6.07) is 3.66. The van der Waals surface area contributed by atoms with Crippen molar-refractivity contribution in [3.05, 3.63) is 17.8 Å². The third-order valence-corrected chi connectivity index (χ3v) is 3.49. The van der Waals surface area contributed by atoms with Crippen LogP contribution in [-0.2, 0) is 0 Å². The highest BCUT2D eigenvalue weighted by Gasteiger charge is 2.27. The van der Waals surface area contributed by atoms with Crippen LogP contribution in [0.15, 0.2) is 12.1 Å². The van der Waals surface area contributed by atoms with Crippen LogP contribution in [0.4, 0.5) is 5.82 Å². The van der Waals surface area contributed by atoms with Gasteiger partial charge in [-0.3, -0.25) is 9.69 Å². The molecule has 7 heteroatoms. The maximum Gasteiger partial charge on any atom is 0.274 e. The van der Waals surface area contributed by atoms with Crippen molar-refractivity contribution in [1.29, 1.82) is 0 Å². The monoisotopic (exact) mass is 264 g/mol. The molecule has 0 aliphatic carbocycles. The van der Waals surface area contributed by atoms with E-state index < -0.39 is 0 Å². The highest BCUT2D eigenvalue weighted by atomic mass is 16.2. The Bertz CT molecular complexity index is 434. The van der Waals surface area contributed by atoms with E-state index in [-0.39, 0.29) is 5.91 Å². The number of rotatable bonds is 3. The van der Waals surface area contributed by atoms with Gasteiger partial charge in [-0.2, -0.15) is 0 Å². The standard InChI is InChI=1S/C12H20N6O/c1-3-17-6-7-18(8-9(17)2)12(19)10-4-5-11(14-13)16-15-10/h4-5,9H,3,6-8,13H2,1-2H3,(H,14,16). The molecule has 2 rings (SSSR count). The average molecular weight is 264 g/mol. The number of amides is 1. The number of nitrogens with one attached hydrogen (secondary N) is 1. The second-order valence-corrected chi connectivity index (χ2v) is 4.68. The molecule has 0 aromatic carbocycles. The van der Waals surface area contributed by atoms with Crippen LogP contribution in [-0.4, -0.2) is 58.1 Å². The third-order valence-electron chi connectivity index (χ3n) is 3.49. The van der Waals surface area contributed by atoms with Gasteiger partial charge in [-0.1, -0.05) is 6.92 Å². The minimum atomic E-state index is -0.0707. The Morgan fingerprint density at radius 2 is 2.26 bits per heavy atom. The molecule has 2 heterocycles. The second-order valence-electron chi connectivity index (χ2n) is 4.68. The summed E-state index contributed by atoms with van der Waals surface area (Å²) in [5.74, 6) is 5.59. The average Bonchev–Trinajstić information content (AvgIpc) is 2.46. The molecule has 0 spiro atoms. The molecular weight excluding hydrogens is 244 g/mol. The lowest BCUT2D eigenvalue weighted by atomic mass is 10.2. The van der Waals surface area contributed by atoms with Crippen LogP contribution in [0.3, 0.4) is 0 Å². The van der Waals surface area contributed by atoms with Crippen LogP contribution in [0.1, 0.15) is 24.3 Å². The van der Waals surface area contributed by atoms with Gasteiger partial charge in [-0.25, -0.2) is 5.84 Å². The first-order chi connectivity index (χ1) is 9.15. The highest BCUT2D eigenvalue weighted by molar-refractivity contribution is 5.92. The lowest BCUT2D eigenvalue weighted by Crippen LogP contribution is -2.53. The van der Waals surface area contributed by atoms with Crippen LogP contribution in [0, 0.1) is 0 Å². The van der Waals surface area contributed by atoms with Crippen LogP contribution < -0.4 is 11.3 Å². The lowest BCUT2D eigenvalue weighted by Gasteiger charge is -2.39. The zero-order valence-electron chi connectivity index (χ0n) is 11.3. The number of nitrogens with two attached hydrogens (primary N) is 1. The van der Waals surface area contributed by atoms with E-state index in [1.54, 1.807) is 12.1 Å². The van der Waals surface area contributed by atoms with Gasteiger partial charge < -0.3 is 10.3 Å². The molecule has 1 amide bonds. The van der Waals surface area contributed by atoms with Crippen LogP contribution in [0.25, 0.3) is 0 Å². The van der Waals surface area contributed by atoms with E-state index in [4.69, 9.17) is 5.84 Å². The summed E-state index contributed by atoms with van der Waals surface area (Å²) in [4.78, 5) is 16.5. The zero-order valence-corrected chi connectivity index (χ0v) is 11.3. The largest absolute Gasteiger partial charge is 0.334 e. The highest BCUT2D eigenvalue weighted by Crippen LogP contribution is 2.12. The Morgan fingerprint density at radius 3 is 2.79 bits per heavy atom. The molecule has 19 heavy (non-hydrogen) atoms. The van der Waals surface area contributed by atoms with Gasteiger partial charge in [-0.05, 0) is 25.6 Å². The normalized spacial score (nSPS) is 20.4. The van der Waals surface area contributed by atoms with Gasteiger partial charge >= 0.3 is 0 Å². The summed E-state index contributed by atoms with van der Waals surface area (Å²) >= 11 is 0. The Kier molecular flexibility index (Phi) is 4.28. The fourth-order valence-electron chi connectivity index (χ4n) is 2.33. The summed E-state index contributed by atoms with van der Waals surface area (Å²) in [6.45, 7) is 7.65. The van der Waals surface area contributed by atoms with Gasteiger partial charge in [0.05, 0.1) is 0 Å². The van der Waals surface area contributed by atoms with Crippen LogP contribution in [0.5, 0.6) is 0 Å². The van der Waals surface area contributed by atoms with E-state index in [1.807, 2.05) is 4.90 Å². The third kappa shape index (κ3) is 2.99. The number of anilines is 1. The first-order valence-electron chi connectivity index (χ1n) is 6.49. The van der Waals surface area contributed by atoms with E-state index in [2.05, 4.69) is 34.4 Å². The molecule has 1 unspecified atom stereocenters. The molecule has 1 fully saturated rings. The van der Waals surface area contributed by atoms with Gasteiger partial charge in [0.2, 0.25) is 0 Å². The van der Waals surface area contributed by atoms with Gasteiger partial charge in [0.1, 0.15) is 0 Å². The Balaban J connectivity index is 2.03. The van der Waals surface area contributed by atoms with Crippen LogP contribution >= 0.6 is 0 Å². The molecule has 1 aliphatic heterocycles. The summed E-state index contributed by atoms with van der Waals surface area (Å²) in [5.41, 5.74) is 2.75. The van der Waals surface area contributed by atoms with Crippen molar-refractivity contribution < 1.29 is 4.79 Å². The number of nitrogens with zero attached hydrogens (tertiary/aromatic N) is 4. The minimum absolute atomic E-state index is 0.0707. The molecule has 0 saturated carbocycles. The predicted octanol–water partition coefficient (Wildman–Crippen LogP) is -0.0716. The van der Waals surface area contributed by atoms with Crippen molar-refractivity contribution in [2.24, 2.45) is 5.84 Å². The number of carbonyl (C=O) groups is 1. The van der Waals surface area contributed by atoms with Crippen LogP contribution in [0.2, 0.25) is 0 Å². The van der Waals surface area contributed by atoms with E-state index in [9.17, 15) is 4.79 Å². The second kappa shape index (κ2) is 5.94. The van der Waals surface area contributed by atoms with Crippen molar-refractivity contribution in [3.8, 4) is 0 Å². The molecule has 0 bridgehead atoms. The van der Waals surface area contributed by atoms with Gasteiger partial charge in [0, 0.05) is 25.7 Å². The molecule has 1 aromatic rings. The van der Waals surface area contributed by atoms with Gasteiger partial charge in [0.25, 0.3) is 5.91 Å². The number of likely N-dealkylation sites (N-methyl/N-ethyl adjacent to an activating group) is 1. The first kappa shape index (κ1) is 13.7. The SMILES string of the molecule is CCN1CCN(C(=O)c2ccc(NN)nn2)CC1C. The van der Waals surface area contributed by atoms with Crippen molar-refractivity contribution in [3.63, 3.8) is 0 Å². The van der Waals surface area contributed by atoms with Crippen molar-refractivity contribution in [2.75, 3.05) is 31.6 Å². The molecule has 7 nitrogen and oxygen atoms in total. The molecule has 1 atom stereocenters. The molecule has 104 valence electrons. The fourth-order valence-corrected chi connectivity index (χ4v) is 2.33. The van der Waals surface area contributed by atoms with Crippen molar-refractivity contribution >= 4 is 11.7 Å². The topological polar surface area (TPSA) is 87.4 Å². The molecule has 1 saturated heterocycles. The Labute approximate surface area is 112 Å². The van der Waals surface area contributed by atoms with Gasteiger partial charge in [0.15, 0.2) is 11.5 Å². The maximum absolute atomic E-state index is 12.3. The zero-order chi connectivity index (χ0) is 13.8. The van der Waals surface area contributed by atoms with E-state index in [0.717, 1.165) is 26.2 Å². The van der Waals surface area contributed by atoms with E-state index >= 15 is 0 Å². The first-order valence-corrected chi connectivity index (χ1v) is 6.49. The van der Waals surface area contributed by atoms with E-state index in [1.165, 1.54) is 0 Å². The minimum Gasteiger partial charge on any atom is -0.334 e. The van der Waals surface area contributed by atoms with E-state index in [0.29, 0.717) is 17.6 Å². The number of hydrogen-bond acceptors (Lipinski definition) is 6. The molecule has 3 N–H and O–H groups in total. The molecule has 0 radical (unpaired) electrons. The van der Waals surface area contributed by atoms with Gasteiger partial charge in [-0.15, -0.1) is 10.2 Å². The molecule has 1 aliphatic rings. The number of aromatic nitrogens is 2. The Morgan fingerprint density at radius 1 is 1.47 bits per heavy atom. The molecular formula is C12H20N6O.